The fraction of sp³-hybridized carbons (Fsp3) is 0.538. The van der Waals surface area contributed by atoms with Crippen LogP contribution in [0.4, 0.5) is 8.78 Å². The van der Waals surface area contributed by atoms with Crippen molar-refractivity contribution in [2.75, 3.05) is 0 Å². The highest BCUT2D eigenvalue weighted by Crippen LogP contribution is 2.37. The van der Waals surface area contributed by atoms with Crippen LogP contribution in [-0.2, 0) is 0 Å². The number of hydrogen-bond acceptors (Lipinski definition) is 1. The van der Waals surface area contributed by atoms with E-state index in [2.05, 4.69) is 0 Å². The molecule has 1 rings (SSSR count). The lowest BCUT2D eigenvalue weighted by Crippen LogP contribution is -2.22. The highest BCUT2D eigenvalue weighted by Gasteiger charge is 2.29. The van der Waals surface area contributed by atoms with Crippen molar-refractivity contribution >= 4 is 0 Å². The first-order chi connectivity index (χ1) is 7.29. The number of aryl methyl sites for hydroxylation is 1. The number of aliphatic hydroxyl groups is 1. The molecule has 0 saturated heterocycles. The van der Waals surface area contributed by atoms with Gasteiger partial charge in [-0.1, -0.05) is 20.8 Å². The third kappa shape index (κ3) is 2.40. The maximum Gasteiger partial charge on any atom is 0.131 e. The monoisotopic (exact) mass is 228 g/mol. The topological polar surface area (TPSA) is 20.2 Å². The van der Waals surface area contributed by atoms with Crippen LogP contribution in [0.3, 0.4) is 0 Å². The summed E-state index contributed by atoms with van der Waals surface area (Å²) >= 11 is 0. The van der Waals surface area contributed by atoms with Crippen molar-refractivity contribution in [1.82, 2.24) is 0 Å². The highest BCUT2D eigenvalue weighted by atomic mass is 19.1. The number of hydrogen-bond donors (Lipinski definition) is 1. The van der Waals surface area contributed by atoms with Gasteiger partial charge in [0.25, 0.3) is 0 Å². The molecule has 16 heavy (non-hydrogen) atoms. The summed E-state index contributed by atoms with van der Waals surface area (Å²) in [6.45, 7) is 7.20. The van der Waals surface area contributed by atoms with Crippen molar-refractivity contribution in [1.29, 1.82) is 0 Å². The van der Waals surface area contributed by atoms with Gasteiger partial charge in [-0.05, 0) is 30.4 Å². The van der Waals surface area contributed by atoms with Gasteiger partial charge in [0.15, 0.2) is 0 Å². The number of halogens is 2. The zero-order valence-electron chi connectivity index (χ0n) is 10.1. The Bertz CT molecular complexity index is 386. The van der Waals surface area contributed by atoms with Gasteiger partial charge in [0.05, 0.1) is 6.10 Å². The van der Waals surface area contributed by atoms with Gasteiger partial charge in [-0.25, -0.2) is 8.78 Å². The lowest BCUT2D eigenvalue weighted by atomic mass is 9.80. The summed E-state index contributed by atoms with van der Waals surface area (Å²) in [7, 11) is 0. The van der Waals surface area contributed by atoms with Gasteiger partial charge in [-0.3, -0.25) is 0 Å². The van der Waals surface area contributed by atoms with Crippen LogP contribution in [0.15, 0.2) is 12.1 Å². The van der Waals surface area contributed by atoms with E-state index in [0.29, 0.717) is 12.0 Å². The minimum absolute atomic E-state index is 0.172. The lowest BCUT2D eigenvalue weighted by molar-refractivity contribution is 0.0435. The molecule has 1 aromatic rings. The summed E-state index contributed by atoms with van der Waals surface area (Å²) in [5, 5.41) is 10.1. The van der Waals surface area contributed by atoms with Crippen LogP contribution in [0.25, 0.3) is 0 Å². The molecule has 90 valence electrons. The van der Waals surface area contributed by atoms with E-state index in [9.17, 15) is 13.9 Å². The number of rotatable bonds is 3. The molecule has 0 radical (unpaired) electrons. The molecule has 0 spiro atoms. The van der Waals surface area contributed by atoms with Crippen LogP contribution in [-0.4, -0.2) is 5.11 Å². The summed E-state index contributed by atoms with van der Waals surface area (Å²) < 4.78 is 26.6. The van der Waals surface area contributed by atoms with Crippen molar-refractivity contribution in [2.45, 2.75) is 40.2 Å². The standard InChI is InChI=1S/C13H18F2O/c1-5-13(3,4)12(16)9-6-8(2)10(14)7-11(9)15/h6-7,12,16H,5H2,1-4H3. The smallest absolute Gasteiger partial charge is 0.131 e. The van der Waals surface area contributed by atoms with Gasteiger partial charge in [0, 0.05) is 11.6 Å². The van der Waals surface area contributed by atoms with E-state index in [1.807, 2.05) is 20.8 Å². The average molecular weight is 228 g/mol. The second-order valence-electron chi connectivity index (χ2n) is 4.87. The van der Waals surface area contributed by atoms with Gasteiger partial charge in [0.1, 0.15) is 11.6 Å². The maximum absolute atomic E-state index is 13.5. The molecule has 0 saturated carbocycles. The molecule has 0 aliphatic carbocycles. The van der Waals surface area contributed by atoms with E-state index in [4.69, 9.17) is 0 Å². The Balaban J connectivity index is 3.19. The largest absolute Gasteiger partial charge is 0.388 e. The van der Waals surface area contributed by atoms with Crippen molar-refractivity contribution in [2.24, 2.45) is 5.41 Å². The van der Waals surface area contributed by atoms with E-state index in [1.54, 1.807) is 6.92 Å². The molecule has 0 heterocycles. The third-order valence-corrected chi connectivity index (χ3v) is 3.22. The Kier molecular flexibility index (Phi) is 3.68. The third-order valence-electron chi connectivity index (χ3n) is 3.22. The Morgan fingerprint density at radius 2 is 1.81 bits per heavy atom. The Labute approximate surface area is 95.1 Å². The van der Waals surface area contributed by atoms with Gasteiger partial charge in [0.2, 0.25) is 0 Å². The molecule has 3 heteroatoms. The quantitative estimate of drug-likeness (QED) is 0.835. The molecular weight excluding hydrogens is 210 g/mol. The van der Waals surface area contributed by atoms with Crippen LogP contribution in [0.2, 0.25) is 0 Å². The zero-order chi connectivity index (χ0) is 12.5. The van der Waals surface area contributed by atoms with E-state index >= 15 is 0 Å². The minimum atomic E-state index is -0.920. The minimum Gasteiger partial charge on any atom is -0.388 e. The van der Waals surface area contributed by atoms with E-state index in [1.165, 1.54) is 6.07 Å². The SMILES string of the molecule is CCC(C)(C)C(O)c1cc(C)c(F)cc1F. The summed E-state index contributed by atoms with van der Waals surface area (Å²) in [4.78, 5) is 0. The van der Waals surface area contributed by atoms with E-state index in [0.717, 1.165) is 6.07 Å². The van der Waals surface area contributed by atoms with E-state index < -0.39 is 23.2 Å². The number of aliphatic hydroxyl groups excluding tert-OH is 1. The average Bonchev–Trinajstić information content (AvgIpc) is 2.22. The molecule has 1 N–H and O–H groups in total. The summed E-state index contributed by atoms with van der Waals surface area (Å²) in [5.74, 6) is -1.26. The highest BCUT2D eigenvalue weighted by molar-refractivity contribution is 5.28. The molecule has 0 aliphatic rings. The predicted molar refractivity (Wildman–Crippen MR) is 60.1 cm³/mol. The van der Waals surface area contributed by atoms with Crippen molar-refractivity contribution in [3.8, 4) is 0 Å². The Morgan fingerprint density at radius 1 is 1.25 bits per heavy atom. The van der Waals surface area contributed by atoms with Crippen LogP contribution in [0.5, 0.6) is 0 Å². The first-order valence-electron chi connectivity index (χ1n) is 5.43. The Morgan fingerprint density at radius 3 is 2.31 bits per heavy atom. The van der Waals surface area contributed by atoms with E-state index in [-0.39, 0.29) is 5.56 Å². The van der Waals surface area contributed by atoms with Crippen LogP contribution >= 0.6 is 0 Å². The van der Waals surface area contributed by atoms with Crippen LogP contribution < -0.4 is 0 Å². The molecule has 1 aromatic carbocycles. The molecule has 1 unspecified atom stereocenters. The van der Waals surface area contributed by atoms with Crippen LogP contribution in [0.1, 0.15) is 44.4 Å². The Hall–Kier alpha value is -0.960. The fourth-order valence-corrected chi connectivity index (χ4v) is 1.50. The summed E-state index contributed by atoms with van der Waals surface area (Å²) in [5.41, 5.74) is 0.0959. The molecule has 0 aliphatic heterocycles. The molecule has 0 amide bonds. The lowest BCUT2D eigenvalue weighted by Gasteiger charge is -2.30. The first-order valence-corrected chi connectivity index (χ1v) is 5.43. The fourth-order valence-electron chi connectivity index (χ4n) is 1.50. The summed E-state index contributed by atoms with van der Waals surface area (Å²) in [6, 6.07) is 2.21. The van der Waals surface area contributed by atoms with Crippen molar-refractivity contribution in [3.63, 3.8) is 0 Å². The maximum atomic E-state index is 13.5. The van der Waals surface area contributed by atoms with Crippen molar-refractivity contribution < 1.29 is 13.9 Å². The first kappa shape index (κ1) is 13.1. The second kappa shape index (κ2) is 4.50. The molecule has 0 aromatic heterocycles. The normalized spacial score (nSPS) is 13.9. The predicted octanol–water partition coefficient (Wildman–Crippen LogP) is 3.74. The van der Waals surface area contributed by atoms with Gasteiger partial charge in [-0.15, -0.1) is 0 Å². The molecular formula is C13H18F2O. The zero-order valence-corrected chi connectivity index (χ0v) is 10.1. The van der Waals surface area contributed by atoms with Crippen molar-refractivity contribution in [3.05, 3.63) is 34.9 Å². The summed E-state index contributed by atoms with van der Waals surface area (Å²) in [6.07, 6.45) is -0.207. The second-order valence-corrected chi connectivity index (χ2v) is 4.87. The molecule has 1 nitrogen and oxygen atoms in total. The molecule has 0 fully saturated rings. The molecule has 1 atom stereocenters. The van der Waals surface area contributed by atoms with Gasteiger partial charge >= 0.3 is 0 Å². The van der Waals surface area contributed by atoms with Crippen LogP contribution in [0, 0.1) is 24.0 Å². The van der Waals surface area contributed by atoms with Gasteiger partial charge < -0.3 is 5.11 Å². The molecule has 0 bridgehead atoms. The number of benzene rings is 1. The van der Waals surface area contributed by atoms with Gasteiger partial charge in [-0.2, -0.15) is 0 Å².